The van der Waals surface area contributed by atoms with Crippen molar-refractivity contribution in [3.05, 3.63) is 29.3 Å². The summed E-state index contributed by atoms with van der Waals surface area (Å²) in [5.74, 6) is -2.63. The van der Waals surface area contributed by atoms with E-state index in [0.29, 0.717) is 10.5 Å². The van der Waals surface area contributed by atoms with Crippen molar-refractivity contribution in [3.63, 3.8) is 0 Å². The van der Waals surface area contributed by atoms with Gasteiger partial charge in [0.05, 0.1) is 0 Å². The molecule has 0 atom stereocenters. The molecular formula is C12H9F6NO4S. The molecule has 0 fully saturated rings. The van der Waals surface area contributed by atoms with Crippen molar-refractivity contribution in [1.29, 1.82) is 0 Å². The molecule has 134 valence electrons. The number of rotatable bonds is 2. The zero-order valence-electron chi connectivity index (χ0n) is 11.6. The molecule has 1 aromatic carbocycles. The molecule has 0 spiro atoms. The molecular weight excluding hydrogens is 368 g/mol. The second-order valence-electron chi connectivity index (χ2n) is 4.89. The SMILES string of the molecule is O=C(N1CCc2cc(OS(=O)(=O)C(F)(F)F)ccc2C1)C(F)(F)F. The normalized spacial score (nSPS) is 15.8. The molecule has 0 bridgehead atoms. The highest BCUT2D eigenvalue weighted by Crippen LogP contribution is 2.30. The van der Waals surface area contributed by atoms with E-state index in [2.05, 4.69) is 4.18 Å². The molecule has 0 aromatic heterocycles. The van der Waals surface area contributed by atoms with E-state index in [0.717, 1.165) is 18.2 Å². The van der Waals surface area contributed by atoms with Gasteiger partial charge >= 0.3 is 27.7 Å². The second kappa shape index (κ2) is 5.83. The number of carbonyl (C=O) groups is 1. The molecule has 24 heavy (non-hydrogen) atoms. The summed E-state index contributed by atoms with van der Waals surface area (Å²) >= 11 is 0. The predicted molar refractivity (Wildman–Crippen MR) is 67.2 cm³/mol. The fourth-order valence-corrected chi connectivity index (χ4v) is 2.56. The Balaban J connectivity index is 2.19. The molecule has 0 unspecified atom stereocenters. The Labute approximate surface area is 131 Å². The van der Waals surface area contributed by atoms with Crippen LogP contribution < -0.4 is 4.18 Å². The monoisotopic (exact) mass is 377 g/mol. The first-order valence-corrected chi connectivity index (χ1v) is 7.71. The summed E-state index contributed by atoms with van der Waals surface area (Å²) in [6.45, 7) is -0.694. The van der Waals surface area contributed by atoms with Crippen molar-refractivity contribution in [2.24, 2.45) is 0 Å². The molecule has 0 saturated carbocycles. The van der Waals surface area contributed by atoms with Crippen molar-refractivity contribution < 1.29 is 43.7 Å². The van der Waals surface area contributed by atoms with Gasteiger partial charge in [0, 0.05) is 13.1 Å². The summed E-state index contributed by atoms with van der Waals surface area (Å²) in [5, 5.41) is 0. The van der Waals surface area contributed by atoms with Crippen LogP contribution in [0, 0.1) is 0 Å². The van der Waals surface area contributed by atoms with Crippen LogP contribution in [0.1, 0.15) is 11.1 Å². The van der Waals surface area contributed by atoms with Crippen LogP contribution in [0.4, 0.5) is 26.3 Å². The third-order valence-corrected chi connectivity index (χ3v) is 4.19. The maximum absolute atomic E-state index is 12.4. The number of halogens is 6. The summed E-state index contributed by atoms with van der Waals surface area (Å²) in [6.07, 6.45) is -5.11. The molecule has 1 aromatic rings. The molecule has 1 aliphatic heterocycles. The first kappa shape index (κ1) is 18.4. The van der Waals surface area contributed by atoms with Crippen molar-refractivity contribution in [3.8, 4) is 5.75 Å². The van der Waals surface area contributed by atoms with Gasteiger partial charge in [0.2, 0.25) is 0 Å². The lowest BCUT2D eigenvalue weighted by molar-refractivity contribution is -0.186. The number of nitrogens with zero attached hydrogens (tertiary/aromatic N) is 1. The van der Waals surface area contributed by atoms with Crippen molar-refractivity contribution in [2.45, 2.75) is 24.7 Å². The number of hydrogen-bond donors (Lipinski definition) is 0. The summed E-state index contributed by atoms with van der Waals surface area (Å²) in [5.41, 5.74) is -5.04. The Hall–Kier alpha value is -1.98. The van der Waals surface area contributed by atoms with Crippen LogP contribution in [-0.4, -0.2) is 37.5 Å². The van der Waals surface area contributed by atoms with Crippen LogP contribution in [0.25, 0.3) is 0 Å². The van der Waals surface area contributed by atoms with E-state index in [9.17, 15) is 39.6 Å². The lowest BCUT2D eigenvalue weighted by Gasteiger charge is -2.29. The van der Waals surface area contributed by atoms with Gasteiger partial charge in [0.25, 0.3) is 0 Å². The number of amides is 1. The molecule has 0 aliphatic carbocycles. The first-order chi connectivity index (χ1) is 10.8. The first-order valence-electron chi connectivity index (χ1n) is 6.30. The van der Waals surface area contributed by atoms with Crippen LogP contribution in [0.5, 0.6) is 5.75 Å². The van der Waals surface area contributed by atoms with Gasteiger partial charge in [-0.1, -0.05) is 6.07 Å². The maximum Gasteiger partial charge on any atom is 0.534 e. The summed E-state index contributed by atoms with van der Waals surface area (Å²) in [4.78, 5) is 11.7. The van der Waals surface area contributed by atoms with Gasteiger partial charge in [-0.15, -0.1) is 0 Å². The fraction of sp³-hybridized carbons (Fsp3) is 0.417. The molecule has 1 amide bonds. The second-order valence-corrected chi connectivity index (χ2v) is 6.43. The number of fused-ring (bicyclic) bond motifs is 1. The third-order valence-electron chi connectivity index (χ3n) is 3.21. The minimum absolute atomic E-state index is 0.0829. The number of hydrogen-bond acceptors (Lipinski definition) is 4. The van der Waals surface area contributed by atoms with Gasteiger partial charge in [-0.3, -0.25) is 4.79 Å². The number of benzene rings is 1. The van der Waals surface area contributed by atoms with Gasteiger partial charge in [-0.05, 0) is 29.7 Å². The lowest BCUT2D eigenvalue weighted by atomic mass is 9.99. The Kier molecular flexibility index (Phi) is 4.46. The molecule has 5 nitrogen and oxygen atoms in total. The smallest absolute Gasteiger partial charge is 0.376 e. The van der Waals surface area contributed by atoms with Gasteiger partial charge in [0.15, 0.2) is 0 Å². The van der Waals surface area contributed by atoms with E-state index in [1.165, 1.54) is 0 Å². The summed E-state index contributed by atoms with van der Waals surface area (Å²) < 4.78 is 99.7. The van der Waals surface area contributed by atoms with Gasteiger partial charge in [0.1, 0.15) is 5.75 Å². The minimum Gasteiger partial charge on any atom is -0.376 e. The minimum atomic E-state index is -5.83. The summed E-state index contributed by atoms with van der Waals surface area (Å²) in [6, 6.07) is 2.99. The largest absolute Gasteiger partial charge is 0.534 e. The van der Waals surface area contributed by atoms with Crippen molar-refractivity contribution in [2.75, 3.05) is 6.54 Å². The van der Waals surface area contributed by atoms with Crippen LogP contribution >= 0.6 is 0 Å². The third kappa shape index (κ3) is 3.74. The van der Waals surface area contributed by atoms with Gasteiger partial charge in [-0.2, -0.15) is 34.8 Å². The summed E-state index contributed by atoms with van der Waals surface area (Å²) in [7, 11) is -5.83. The van der Waals surface area contributed by atoms with Gasteiger partial charge in [-0.25, -0.2) is 0 Å². The van der Waals surface area contributed by atoms with Crippen LogP contribution in [0.15, 0.2) is 18.2 Å². The quantitative estimate of drug-likeness (QED) is 0.451. The van der Waals surface area contributed by atoms with Crippen LogP contribution in [-0.2, 0) is 27.9 Å². The molecule has 0 radical (unpaired) electrons. The van der Waals surface area contributed by atoms with E-state index in [-0.39, 0.29) is 25.1 Å². The number of carbonyl (C=O) groups excluding carboxylic acids is 1. The van der Waals surface area contributed by atoms with E-state index >= 15 is 0 Å². The van der Waals surface area contributed by atoms with Crippen molar-refractivity contribution >= 4 is 16.0 Å². The Morgan fingerprint density at radius 2 is 1.71 bits per heavy atom. The van der Waals surface area contributed by atoms with Crippen LogP contribution in [0.3, 0.4) is 0 Å². The zero-order valence-corrected chi connectivity index (χ0v) is 12.4. The average Bonchev–Trinajstić information content (AvgIpc) is 2.43. The molecule has 1 heterocycles. The van der Waals surface area contributed by atoms with E-state index in [1.54, 1.807) is 0 Å². The van der Waals surface area contributed by atoms with Gasteiger partial charge < -0.3 is 9.08 Å². The van der Waals surface area contributed by atoms with E-state index in [4.69, 9.17) is 0 Å². The molecule has 0 saturated heterocycles. The highest BCUT2D eigenvalue weighted by molar-refractivity contribution is 7.88. The fourth-order valence-electron chi connectivity index (χ4n) is 2.11. The maximum atomic E-state index is 12.4. The Morgan fingerprint density at radius 3 is 2.25 bits per heavy atom. The van der Waals surface area contributed by atoms with E-state index < -0.39 is 33.5 Å². The Morgan fingerprint density at radius 1 is 1.08 bits per heavy atom. The van der Waals surface area contributed by atoms with Crippen molar-refractivity contribution in [1.82, 2.24) is 4.90 Å². The van der Waals surface area contributed by atoms with E-state index in [1.807, 2.05) is 0 Å². The number of alkyl halides is 6. The highest BCUT2D eigenvalue weighted by atomic mass is 32.2. The topological polar surface area (TPSA) is 63.7 Å². The van der Waals surface area contributed by atoms with Crippen LogP contribution in [0.2, 0.25) is 0 Å². The molecule has 0 N–H and O–H groups in total. The predicted octanol–water partition coefficient (Wildman–Crippen LogP) is 2.36. The molecule has 2 rings (SSSR count). The standard InChI is InChI=1S/C12H9F6NO4S/c13-11(14,15)10(20)19-4-3-7-5-9(2-1-8(7)6-19)23-24(21,22)12(16,17)18/h1-2,5H,3-4,6H2. The zero-order chi connectivity index (χ0) is 18.3. The lowest BCUT2D eigenvalue weighted by Crippen LogP contribution is -2.43. The average molecular weight is 377 g/mol. The molecule has 1 aliphatic rings. The molecule has 12 heteroatoms. The Bertz CT molecular complexity index is 756. The highest BCUT2D eigenvalue weighted by Gasteiger charge is 2.48.